The van der Waals surface area contributed by atoms with Crippen LogP contribution in [-0.2, 0) is 4.74 Å². The van der Waals surface area contributed by atoms with Crippen molar-refractivity contribution in [3.8, 4) is 0 Å². The Morgan fingerprint density at radius 2 is 2.43 bits per heavy atom. The van der Waals surface area contributed by atoms with E-state index in [1.807, 2.05) is 18.9 Å². The molecule has 1 fully saturated rings. The van der Waals surface area contributed by atoms with Gasteiger partial charge in [-0.1, -0.05) is 0 Å². The van der Waals surface area contributed by atoms with Gasteiger partial charge >= 0.3 is 6.09 Å². The van der Waals surface area contributed by atoms with Gasteiger partial charge in [-0.3, -0.25) is 0 Å². The monoisotopic (exact) mass is 200 g/mol. The van der Waals surface area contributed by atoms with Crippen LogP contribution in [0.4, 0.5) is 4.79 Å². The quantitative estimate of drug-likeness (QED) is 0.741. The van der Waals surface area contributed by atoms with Gasteiger partial charge in [-0.15, -0.1) is 0 Å². The van der Waals surface area contributed by atoms with Crippen LogP contribution in [0.1, 0.15) is 19.8 Å². The average Bonchev–Trinajstić information content (AvgIpc) is 2.19. The number of nitrogens with zero attached hydrogens (tertiary/aromatic N) is 1. The summed E-state index contributed by atoms with van der Waals surface area (Å²) in [7, 11) is 1.95. The second-order valence-electron chi connectivity index (χ2n) is 3.71. The molecule has 0 bridgehead atoms. The minimum absolute atomic E-state index is 0.159. The van der Waals surface area contributed by atoms with Crippen molar-refractivity contribution in [2.45, 2.75) is 19.8 Å². The third-order valence-corrected chi connectivity index (χ3v) is 2.54. The second-order valence-corrected chi connectivity index (χ2v) is 3.71. The van der Waals surface area contributed by atoms with Gasteiger partial charge < -0.3 is 15.0 Å². The summed E-state index contributed by atoms with van der Waals surface area (Å²) in [4.78, 5) is 13.2. The molecule has 0 aromatic heterocycles. The van der Waals surface area contributed by atoms with Crippen molar-refractivity contribution in [1.82, 2.24) is 10.2 Å². The number of carbonyl (C=O) groups is 1. The van der Waals surface area contributed by atoms with Crippen molar-refractivity contribution in [3.63, 3.8) is 0 Å². The van der Waals surface area contributed by atoms with Crippen molar-refractivity contribution in [1.29, 1.82) is 0 Å². The standard InChI is InChI=1S/C10H20N2O2/c1-3-14-10(13)12-6-4-5-9(8-12)7-11-2/h9,11H,3-8H2,1-2H3/t9-/m1/s1. The molecule has 0 radical (unpaired) electrons. The predicted molar refractivity (Wildman–Crippen MR) is 55.2 cm³/mol. The van der Waals surface area contributed by atoms with Gasteiger partial charge in [0.15, 0.2) is 0 Å². The number of rotatable bonds is 3. The molecule has 14 heavy (non-hydrogen) atoms. The number of amides is 1. The van der Waals surface area contributed by atoms with Crippen LogP contribution >= 0.6 is 0 Å². The number of carbonyl (C=O) groups excluding carboxylic acids is 1. The second kappa shape index (κ2) is 5.86. The summed E-state index contributed by atoms with van der Waals surface area (Å²) < 4.78 is 4.97. The summed E-state index contributed by atoms with van der Waals surface area (Å²) in [6.45, 7) is 4.97. The van der Waals surface area contributed by atoms with Crippen molar-refractivity contribution >= 4 is 6.09 Å². The summed E-state index contributed by atoms with van der Waals surface area (Å²) in [5.41, 5.74) is 0. The number of likely N-dealkylation sites (tertiary alicyclic amines) is 1. The van der Waals surface area contributed by atoms with Gasteiger partial charge in [0.2, 0.25) is 0 Å². The van der Waals surface area contributed by atoms with E-state index in [1.54, 1.807) is 0 Å². The largest absolute Gasteiger partial charge is 0.450 e. The predicted octanol–water partition coefficient (Wildman–Crippen LogP) is 1.07. The molecule has 0 aliphatic carbocycles. The molecular weight excluding hydrogens is 180 g/mol. The summed E-state index contributed by atoms with van der Waals surface area (Å²) >= 11 is 0. The molecule has 1 aliphatic heterocycles. The maximum Gasteiger partial charge on any atom is 0.409 e. The Kier molecular flexibility index (Phi) is 4.73. The van der Waals surface area contributed by atoms with Crippen LogP contribution in [0.3, 0.4) is 0 Å². The molecule has 1 amide bonds. The van der Waals surface area contributed by atoms with E-state index in [9.17, 15) is 4.79 Å². The van der Waals surface area contributed by atoms with E-state index in [-0.39, 0.29) is 6.09 Å². The molecule has 4 heteroatoms. The molecule has 0 spiro atoms. The Labute approximate surface area is 85.6 Å². The zero-order chi connectivity index (χ0) is 10.4. The highest BCUT2D eigenvalue weighted by Crippen LogP contribution is 2.16. The van der Waals surface area contributed by atoms with E-state index >= 15 is 0 Å². The zero-order valence-corrected chi connectivity index (χ0v) is 9.08. The highest BCUT2D eigenvalue weighted by molar-refractivity contribution is 5.67. The zero-order valence-electron chi connectivity index (χ0n) is 9.08. The fourth-order valence-electron chi connectivity index (χ4n) is 1.90. The van der Waals surface area contributed by atoms with Crippen LogP contribution < -0.4 is 5.32 Å². The minimum atomic E-state index is -0.159. The maximum absolute atomic E-state index is 11.4. The number of ether oxygens (including phenoxy) is 1. The summed E-state index contributed by atoms with van der Waals surface area (Å²) in [5.74, 6) is 0.582. The van der Waals surface area contributed by atoms with Crippen LogP contribution in [0.2, 0.25) is 0 Å². The van der Waals surface area contributed by atoms with Gasteiger partial charge in [0, 0.05) is 13.1 Å². The molecule has 0 unspecified atom stereocenters. The highest BCUT2D eigenvalue weighted by atomic mass is 16.6. The molecule has 1 heterocycles. The first-order valence-electron chi connectivity index (χ1n) is 5.34. The van der Waals surface area contributed by atoms with Gasteiger partial charge in [0.25, 0.3) is 0 Å². The van der Waals surface area contributed by atoms with Crippen LogP contribution in [0.15, 0.2) is 0 Å². The third-order valence-electron chi connectivity index (χ3n) is 2.54. The van der Waals surface area contributed by atoms with Crippen LogP contribution in [-0.4, -0.2) is 44.3 Å². The molecule has 0 saturated carbocycles. The first-order chi connectivity index (χ1) is 6.77. The number of piperidine rings is 1. The molecule has 1 N–H and O–H groups in total. The van der Waals surface area contributed by atoms with Crippen molar-refractivity contribution in [2.24, 2.45) is 5.92 Å². The first-order valence-corrected chi connectivity index (χ1v) is 5.34. The Hall–Kier alpha value is -0.770. The van der Waals surface area contributed by atoms with E-state index in [1.165, 1.54) is 6.42 Å². The van der Waals surface area contributed by atoms with Crippen LogP contribution in [0.25, 0.3) is 0 Å². The Morgan fingerprint density at radius 3 is 3.07 bits per heavy atom. The van der Waals surface area contributed by atoms with E-state index in [0.29, 0.717) is 12.5 Å². The van der Waals surface area contributed by atoms with Crippen LogP contribution in [0.5, 0.6) is 0 Å². The molecule has 0 aromatic carbocycles. The van der Waals surface area contributed by atoms with Gasteiger partial charge in [-0.25, -0.2) is 4.79 Å². The lowest BCUT2D eigenvalue weighted by molar-refractivity contribution is 0.0885. The number of hydrogen-bond donors (Lipinski definition) is 1. The fraction of sp³-hybridized carbons (Fsp3) is 0.900. The van der Waals surface area contributed by atoms with Gasteiger partial charge in [-0.2, -0.15) is 0 Å². The SMILES string of the molecule is CCOC(=O)N1CCC[C@H](CNC)C1. The third kappa shape index (κ3) is 3.18. The van der Waals surface area contributed by atoms with E-state index in [0.717, 1.165) is 26.1 Å². The van der Waals surface area contributed by atoms with E-state index < -0.39 is 0 Å². The Balaban J connectivity index is 2.35. The Morgan fingerprint density at radius 1 is 1.64 bits per heavy atom. The summed E-state index contributed by atoms with van der Waals surface area (Å²) in [5, 5.41) is 3.15. The number of hydrogen-bond acceptors (Lipinski definition) is 3. The Bertz CT molecular complexity index is 183. The normalized spacial score (nSPS) is 22.1. The molecule has 1 rings (SSSR count). The molecule has 4 nitrogen and oxygen atoms in total. The lowest BCUT2D eigenvalue weighted by atomic mass is 9.98. The smallest absolute Gasteiger partial charge is 0.409 e. The van der Waals surface area contributed by atoms with E-state index in [2.05, 4.69) is 5.32 Å². The topological polar surface area (TPSA) is 41.6 Å². The highest BCUT2D eigenvalue weighted by Gasteiger charge is 2.23. The van der Waals surface area contributed by atoms with Gasteiger partial charge in [-0.05, 0) is 39.3 Å². The fourth-order valence-corrected chi connectivity index (χ4v) is 1.90. The lowest BCUT2D eigenvalue weighted by Crippen LogP contribution is -2.42. The van der Waals surface area contributed by atoms with Crippen molar-refractivity contribution in [2.75, 3.05) is 33.3 Å². The summed E-state index contributed by atoms with van der Waals surface area (Å²) in [6, 6.07) is 0. The van der Waals surface area contributed by atoms with Crippen molar-refractivity contribution < 1.29 is 9.53 Å². The molecule has 1 atom stereocenters. The first kappa shape index (κ1) is 11.3. The van der Waals surface area contributed by atoms with Crippen molar-refractivity contribution in [3.05, 3.63) is 0 Å². The molecule has 1 aliphatic rings. The average molecular weight is 200 g/mol. The molecule has 1 saturated heterocycles. The molecular formula is C10H20N2O2. The van der Waals surface area contributed by atoms with E-state index in [4.69, 9.17) is 4.74 Å². The maximum atomic E-state index is 11.4. The lowest BCUT2D eigenvalue weighted by Gasteiger charge is -2.31. The summed E-state index contributed by atoms with van der Waals surface area (Å²) in [6.07, 6.45) is 2.13. The molecule has 0 aromatic rings. The van der Waals surface area contributed by atoms with Gasteiger partial charge in [0.1, 0.15) is 0 Å². The van der Waals surface area contributed by atoms with Gasteiger partial charge in [0.05, 0.1) is 6.61 Å². The molecule has 82 valence electrons. The number of nitrogens with one attached hydrogen (secondary N) is 1. The minimum Gasteiger partial charge on any atom is -0.450 e. The van der Waals surface area contributed by atoms with Crippen LogP contribution in [0, 0.1) is 5.92 Å².